The molecule has 4 heterocycles. The van der Waals surface area contributed by atoms with Crippen molar-refractivity contribution in [3.05, 3.63) is 82.9 Å². The lowest BCUT2D eigenvalue weighted by Gasteiger charge is -2.26. The number of benzene rings is 1. The van der Waals surface area contributed by atoms with Crippen molar-refractivity contribution in [1.82, 2.24) is 14.8 Å². The van der Waals surface area contributed by atoms with Crippen molar-refractivity contribution in [2.24, 2.45) is 10.4 Å². The highest BCUT2D eigenvalue weighted by Gasteiger charge is 2.50. The Kier molecular flexibility index (Phi) is 9.64. The summed E-state index contributed by atoms with van der Waals surface area (Å²) in [7, 11) is 0. The fourth-order valence-electron chi connectivity index (χ4n) is 6.80. The van der Waals surface area contributed by atoms with Crippen LogP contribution >= 0.6 is 0 Å². The van der Waals surface area contributed by atoms with Gasteiger partial charge in [0.05, 0.1) is 5.41 Å². The summed E-state index contributed by atoms with van der Waals surface area (Å²) in [4.78, 5) is 26.1. The number of nitrogens with zero attached hydrogens (tertiary/aromatic N) is 3. The average Bonchev–Trinajstić information content (AvgIpc) is 3.71. The SMILES string of the molecule is CCCC=C(C=CCC(CC)=C(C)N1CCC2(CCN(Cc3c[nH]c4ccccc34)C2=O)C1)CCC1=CN=CCC1. The van der Waals surface area contributed by atoms with Gasteiger partial charge < -0.3 is 14.8 Å². The molecule has 1 aromatic heterocycles. The van der Waals surface area contributed by atoms with Gasteiger partial charge in [0, 0.05) is 61.4 Å². The molecule has 0 saturated carbocycles. The highest BCUT2D eigenvalue weighted by Crippen LogP contribution is 2.43. The minimum Gasteiger partial charge on any atom is -0.374 e. The molecule has 1 atom stereocenters. The van der Waals surface area contributed by atoms with Gasteiger partial charge in [-0.3, -0.25) is 9.79 Å². The van der Waals surface area contributed by atoms with E-state index in [1.807, 2.05) is 6.21 Å². The largest absolute Gasteiger partial charge is 0.374 e. The van der Waals surface area contributed by atoms with Crippen LogP contribution in [0.5, 0.6) is 0 Å². The van der Waals surface area contributed by atoms with E-state index in [9.17, 15) is 4.79 Å². The summed E-state index contributed by atoms with van der Waals surface area (Å²) >= 11 is 0. The van der Waals surface area contributed by atoms with Crippen molar-refractivity contribution in [1.29, 1.82) is 0 Å². The van der Waals surface area contributed by atoms with Gasteiger partial charge in [0.1, 0.15) is 0 Å². The van der Waals surface area contributed by atoms with E-state index in [4.69, 9.17) is 0 Å². The molecule has 3 aliphatic heterocycles. The van der Waals surface area contributed by atoms with E-state index in [-0.39, 0.29) is 5.41 Å². The van der Waals surface area contributed by atoms with Gasteiger partial charge in [-0.1, -0.05) is 67.8 Å². The summed E-state index contributed by atoms with van der Waals surface area (Å²) in [5, 5.41) is 1.22. The number of carbonyl (C=O) groups is 1. The summed E-state index contributed by atoms with van der Waals surface area (Å²) in [5.74, 6) is 0.348. The zero-order valence-electron chi connectivity index (χ0n) is 25.4. The van der Waals surface area contributed by atoms with Crippen LogP contribution in [0, 0.1) is 5.41 Å². The number of aromatic amines is 1. The first-order valence-corrected chi connectivity index (χ1v) is 15.9. The van der Waals surface area contributed by atoms with Gasteiger partial charge in [0.15, 0.2) is 0 Å². The Morgan fingerprint density at radius 3 is 2.83 bits per heavy atom. The fourth-order valence-corrected chi connectivity index (χ4v) is 6.80. The molecular weight excluding hydrogens is 504 g/mol. The number of likely N-dealkylation sites (tertiary alicyclic amines) is 2. The molecule has 0 bridgehead atoms. The highest BCUT2D eigenvalue weighted by atomic mass is 16.2. The van der Waals surface area contributed by atoms with E-state index in [1.165, 1.54) is 39.8 Å². The van der Waals surface area contributed by atoms with Crippen molar-refractivity contribution in [2.75, 3.05) is 19.6 Å². The van der Waals surface area contributed by atoms with Gasteiger partial charge in [-0.25, -0.2) is 0 Å². The molecule has 1 aromatic carbocycles. The Morgan fingerprint density at radius 1 is 1.17 bits per heavy atom. The lowest BCUT2D eigenvalue weighted by Crippen LogP contribution is -2.36. The number of allylic oxidation sites excluding steroid dienone is 7. The Hall–Kier alpha value is -3.34. The topological polar surface area (TPSA) is 51.7 Å². The van der Waals surface area contributed by atoms with Crippen molar-refractivity contribution in [3.63, 3.8) is 0 Å². The van der Waals surface area contributed by atoms with E-state index < -0.39 is 0 Å². The number of aliphatic imine (C=N–C) groups is 1. The Balaban J connectivity index is 1.20. The highest BCUT2D eigenvalue weighted by molar-refractivity contribution is 5.87. The first-order valence-electron chi connectivity index (χ1n) is 15.9. The molecule has 5 heteroatoms. The molecule has 2 saturated heterocycles. The Labute approximate surface area is 246 Å². The van der Waals surface area contributed by atoms with Crippen LogP contribution in [-0.4, -0.2) is 46.5 Å². The molecule has 2 fully saturated rings. The van der Waals surface area contributed by atoms with Crippen molar-refractivity contribution < 1.29 is 4.79 Å². The van der Waals surface area contributed by atoms with Gasteiger partial charge >= 0.3 is 0 Å². The number of aromatic nitrogens is 1. The number of fused-ring (bicyclic) bond motifs is 1. The third-order valence-electron chi connectivity index (χ3n) is 9.49. The number of rotatable bonds is 12. The fraction of sp³-hybridized carbons (Fsp3) is 0.500. The Bertz CT molecular complexity index is 1370. The predicted molar refractivity (Wildman–Crippen MR) is 172 cm³/mol. The zero-order chi connectivity index (χ0) is 28.7. The van der Waals surface area contributed by atoms with E-state index in [2.05, 4.69) is 95.4 Å². The standard InChI is InChI=1S/C36H48N4O/c1-4-6-11-29(17-18-30-13-10-21-37-24-30)12-9-14-31(5-2)28(3)40-23-20-36(27-40)19-22-39(35(36)41)26-32-25-38-34-16-8-7-15-33(32)34/h7-9,11-12,15-16,21,24-25,38H,4-6,10,13-14,17-20,22-23,26-27H2,1-3H3. The van der Waals surface area contributed by atoms with Crippen molar-refractivity contribution in [2.45, 2.75) is 91.5 Å². The summed E-state index contributed by atoms with van der Waals surface area (Å²) < 4.78 is 0. The van der Waals surface area contributed by atoms with E-state index in [1.54, 1.807) is 0 Å². The number of carbonyl (C=O) groups excluding carboxylic acids is 1. The van der Waals surface area contributed by atoms with Crippen LogP contribution in [0.15, 0.2) is 82.3 Å². The van der Waals surface area contributed by atoms with Gasteiger partial charge in [-0.15, -0.1) is 0 Å². The third-order valence-corrected chi connectivity index (χ3v) is 9.49. The molecule has 1 N–H and O–H groups in total. The summed E-state index contributed by atoms with van der Waals surface area (Å²) in [6.07, 6.45) is 24.0. The molecule has 1 amide bonds. The quantitative estimate of drug-likeness (QED) is 0.269. The molecule has 0 radical (unpaired) electrons. The molecule has 218 valence electrons. The second kappa shape index (κ2) is 13.5. The molecule has 1 unspecified atom stereocenters. The first kappa shape index (κ1) is 29.2. The number of hydrogen-bond acceptors (Lipinski definition) is 3. The number of para-hydroxylation sites is 1. The average molecular weight is 553 g/mol. The maximum Gasteiger partial charge on any atom is 0.231 e. The molecule has 2 aromatic rings. The number of nitrogens with one attached hydrogen (secondary N) is 1. The maximum atomic E-state index is 13.8. The summed E-state index contributed by atoms with van der Waals surface area (Å²) in [5.41, 5.74) is 7.91. The number of H-pyrrole nitrogens is 1. The smallest absolute Gasteiger partial charge is 0.231 e. The van der Waals surface area contributed by atoms with Gasteiger partial charge in [0.25, 0.3) is 0 Å². The number of hydrogen-bond donors (Lipinski definition) is 1. The Morgan fingerprint density at radius 2 is 2.02 bits per heavy atom. The van der Waals surface area contributed by atoms with E-state index in [0.29, 0.717) is 12.5 Å². The van der Waals surface area contributed by atoms with Crippen LogP contribution in [0.3, 0.4) is 0 Å². The van der Waals surface area contributed by atoms with Crippen LogP contribution in [0.4, 0.5) is 0 Å². The number of unbranched alkanes of at least 4 members (excludes halogenated alkanes) is 1. The molecule has 41 heavy (non-hydrogen) atoms. The minimum atomic E-state index is -0.226. The third kappa shape index (κ3) is 6.77. The van der Waals surface area contributed by atoms with Crippen LogP contribution in [0.1, 0.15) is 90.5 Å². The second-order valence-corrected chi connectivity index (χ2v) is 12.2. The minimum absolute atomic E-state index is 0.226. The molecule has 1 spiro atoms. The summed E-state index contributed by atoms with van der Waals surface area (Å²) in [6.45, 7) is 10.2. The lowest BCUT2D eigenvalue weighted by atomic mass is 9.85. The first-order chi connectivity index (χ1) is 20.0. The van der Waals surface area contributed by atoms with E-state index >= 15 is 0 Å². The maximum absolute atomic E-state index is 13.8. The molecule has 3 aliphatic rings. The van der Waals surface area contributed by atoms with Crippen molar-refractivity contribution >= 4 is 23.0 Å². The summed E-state index contributed by atoms with van der Waals surface area (Å²) in [6, 6.07) is 8.38. The second-order valence-electron chi connectivity index (χ2n) is 12.2. The van der Waals surface area contributed by atoms with Crippen LogP contribution in [0.25, 0.3) is 10.9 Å². The van der Waals surface area contributed by atoms with Crippen LogP contribution in [-0.2, 0) is 11.3 Å². The van der Waals surface area contributed by atoms with Crippen LogP contribution < -0.4 is 0 Å². The molecular formula is C36H48N4O. The molecule has 5 rings (SSSR count). The number of amides is 1. The van der Waals surface area contributed by atoms with E-state index in [0.717, 1.165) is 82.9 Å². The van der Waals surface area contributed by atoms with Crippen LogP contribution in [0.2, 0.25) is 0 Å². The lowest BCUT2D eigenvalue weighted by molar-refractivity contribution is -0.135. The normalized spacial score (nSPS) is 22.1. The van der Waals surface area contributed by atoms with Gasteiger partial charge in [-0.2, -0.15) is 0 Å². The molecule has 0 aliphatic carbocycles. The van der Waals surface area contributed by atoms with Gasteiger partial charge in [0.2, 0.25) is 5.91 Å². The zero-order valence-corrected chi connectivity index (χ0v) is 25.4. The monoisotopic (exact) mass is 552 g/mol. The van der Waals surface area contributed by atoms with Crippen molar-refractivity contribution in [3.8, 4) is 0 Å². The molecule has 5 nitrogen and oxygen atoms in total. The van der Waals surface area contributed by atoms with Gasteiger partial charge in [-0.05, 0) is 81.9 Å². The predicted octanol–water partition coefficient (Wildman–Crippen LogP) is 8.48.